The lowest BCUT2D eigenvalue weighted by atomic mass is 10.1. The Balaban J connectivity index is 1.70. The number of amides is 1. The standard InChI is InChI=1S/C15H27N5O/c1-3-8-20-11-13(10-18-20)9-17-15(21)12-19(2)14-4-6-16-7-5-14/h10-11,14,16H,3-9,12H2,1-2H3,(H,17,21). The number of rotatable bonds is 7. The second-order valence-corrected chi connectivity index (χ2v) is 5.78. The molecule has 6 heteroatoms. The molecule has 21 heavy (non-hydrogen) atoms. The van der Waals surface area contributed by atoms with E-state index in [9.17, 15) is 4.79 Å². The highest BCUT2D eigenvalue weighted by atomic mass is 16.2. The van der Waals surface area contributed by atoms with E-state index in [-0.39, 0.29) is 5.91 Å². The second-order valence-electron chi connectivity index (χ2n) is 5.78. The van der Waals surface area contributed by atoms with Gasteiger partial charge in [0.05, 0.1) is 12.7 Å². The van der Waals surface area contributed by atoms with Gasteiger partial charge in [0.25, 0.3) is 0 Å². The molecule has 6 nitrogen and oxygen atoms in total. The van der Waals surface area contributed by atoms with Gasteiger partial charge in [0.15, 0.2) is 0 Å². The molecule has 0 bridgehead atoms. The first kappa shape index (κ1) is 16.0. The number of aryl methyl sites for hydroxylation is 1. The number of likely N-dealkylation sites (N-methyl/N-ethyl adjacent to an activating group) is 1. The molecule has 2 N–H and O–H groups in total. The highest BCUT2D eigenvalue weighted by molar-refractivity contribution is 5.77. The summed E-state index contributed by atoms with van der Waals surface area (Å²) < 4.78 is 1.92. The van der Waals surface area contributed by atoms with E-state index in [4.69, 9.17) is 0 Å². The predicted octanol–water partition coefficient (Wildman–Crippen LogP) is 0.593. The Morgan fingerprint density at radius 1 is 1.52 bits per heavy atom. The molecule has 0 aromatic carbocycles. The molecular weight excluding hydrogens is 266 g/mol. The SMILES string of the molecule is CCCn1cc(CNC(=O)CN(C)C2CCNCC2)cn1. The first-order valence-corrected chi connectivity index (χ1v) is 7.88. The van der Waals surface area contributed by atoms with Gasteiger partial charge in [0, 0.05) is 30.9 Å². The molecule has 1 amide bonds. The van der Waals surface area contributed by atoms with Crippen LogP contribution in [-0.2, 0) is 17.9 Å². The Morgan fingerprint density at radius 3 is 3.00 bits per heavy atom. The maximum absolute atomic E-state index is 12.0. The fourth-order valence-electron chi connectivity index (χ4n) is 2.71. The van der Waals surface area contributed by atoms with Crippen LogP contribution in [-0.4, -0.2) is 53.3 Å². The average Bonchev–Trinajstić information content (AvgIpc) is 2.94. The van der Waals surface area contributed by atoms with Crippen molar-refractivity contribution in [3.05, 3.63) is 18.0 Å². The van der Waals surface area contributed by atoms with Gasteiger partial charge in [-0.3, -0.25) is 14.4 Å². The first-order valence-electron chi connectivity index (χ1n) is 7.88. The smallest absolute Gasteiger partial charge is 0.234 e. The molecule has 1 aliphatic heterocycles. The van der Waals surface area contributed by atoms with Gasteiger partial charge in [-0.2, -0.15) is 5.10 Å². The van der Waals surface area contributed by atoms with Crippen LogP contribution in [0.2, 0.25) is 0 Å². The molecule has 1 fully saturated rings. The van der Waals surface area contributed by atoms with Crippen molar-refractivity contribution < 1.29 is 4.79 Å². The quantitative estimate of drug-likeness (QED) is 0.772. The average molecular weight is 293 g/mol. The van der Waals surface area contributed by atoms with Gasteiger partial charge in [0.2, 0.25) is 5.91 Å². The third-order valence-corrected chi connectivity index (χ3v) is 3.95. The molecule has 1 aromatic heterocycles. The Labute approximate surface area is 126 Å². The minimum atomic E-state index is 0.0827. The van der Waals surface area contributed by atoms with Gasteiger partial charge >= 0.3 is 0 Å². The molecular formula is C15H27N5O. The predicted molar refractivity (Wildman–Crippen MR) is 82.9 cm³/mol. The van der Waals surface area contributed by atoms with Gasteiger partial charge in [-0.1, -0.05) is 6.92 Å². The van der Waals surface area contributed by atoms with E-state index in [0.29, 0.717) is 19.1 Å². The van der Waals surface area contributed by atoms with Crippen LogP contribution in [0.4, 0.5) is 0 Å². The van der Waals surface area contributed by atoms with Gasteiger partial charge in [-0.15, -0.1) is 0 Å². The van der Waals surface area contributed by atoms with Gasteiger partial charge in [0.1, 0.15) is 0 Å². The summed E-state index contributed by atoms with van der Waals surface area (Å²) in [5.41, 5.74) is 1.06. The minimum absolute atomic E-state index is 0.0827. The minimum Gasteiger partial charge on any atom is -0.351 e. The molecule has 0 atom stereocenters. The Morgan fingerprint density at radius 2 is 2.29 bits per heavy atom. The topological polar surface area (TPSA) is 62.2 Å². The maximum atomic E-state index is 12.0. The fraction of sp³-hybridized carbons (Fsp3) is 0.733. The molecule has 0 aliphatic carbocycles. The van der Waals surface area contributed by atoms with Crippen molar-refractivity contribution in [2.75, 3.05) is 26.7 Å². The number of nitrogens with one attached hydrogen (secondary N) is 2. The van der Waals surface area contributed by atoms with Crippen LogP contribution < -0.4 is 10.6 Å². The molecule has 0 radical (unpaired) electrons. The zero-order valence-electron chi connectivity index (χ0n) is 13.1. The summed E-state index contributed by atoms with van der Waals surface area (Å²) in [5.74, 6) is 0.0827. The third kappa shape index (κ3) is 5.13. The molecule has 1 saturated heterocycles. The Kier molecular flexibility index (Phi) is 6.20. The first-order chi connectivity index (χ1) is 10.2. The summed E-state index contributed by atoms with van der Waals surface area (Å²) in [7, 11) is 2.04. The third-order valence-electron chi connectivity index (χ3n) is 3.95. The van der Waals surface area contributed by atoms with E-state index >= 15 is 0 Å². The van der Waals surface area contributed by atoms with Crippen molar-refractivity contribution in [2.45, 2.75) is 45.3 Å². The van der Waals surface area contributed by atoms with E-state index in [0.717, 1.165) is 44.5 Å². The number of carbonyl (C=O) groups excluding carboxylic acids is 1. The largest absolute Gasteiger partial charge is 0.351 e. The number of aromatic nitrogens is 2. The highest BCUT2D eigenvalue weighted by Crippen LogP contribution is 2.09. The number of carbonyl (C=O) groups is 1. The molecule has 2 rings (SSSR count). The summed E-state index contributed by atoms with van der Waals surface area (Å²) in [6, 6.07) is 0.518. The van der Waals surface area contributed by atoms with Crippen LogP contribution in [0, 0.1) is 0 Å². The van der Waals surface area contributed by atoms with Crippen LogP contribution in [0.25, 0.3) is 0 Å². The fourth-order valence-corrected chi connectivity index (χ4v) is 2.71. The summed E-state index contributed by atoms with van der Waals surface area (Å²) in [4.78, 5) is 14.2. The normalized spacial score (nSPS) is 16.3. The molecule has 0 spiro atoms. The van der Waals surface area contributed by atoms with Crippen LogP contribution in [0.1, 0.15) is 31.7 Å². The second kappa shape index (κ2) is 8.14. The molecule has 2 heterocycles. The van der Waals surface area contributed by atoms with E-state index in [1.807, 2.05) is 24.1 Å². The highest BCUT2D eigenvalue weighted by Gasteiger charge is 2.19. The lowest BCUT2D eigenvalue weighted by Gasteiger charge is -2.31. The lowest BCUT2D eigenvalue weighted by Crippen LogP contribution is -2.45. The van der Waals surface area contributed by atoms with E-state index in [1.165, 1.54) is 0 Å². The summed E-state index contributed by atoms with van der Waals surface area (Å²) in [6.45, 7) is 6.17. The van der Waals surface area contributed by atoms with Gasteiger partial charge < -0.3 is 10.6 Å². The monoisotopic (exact) mass is 293 g/mol. The van der Waals surface area contributed by atoms with E-state index in [2.05, 4.69) is 27.6 Å². The van der Waals surface area contributed by atoms with Crippen LogP contribution in [0.3, 0.4) is 0 Å². The van der Waals surface area contributed by atoms with Gasteiger partial charge in [-0.05, 0) is 39.4 Å². The van der Waals surface area contributed by atoms with Crippen molar-refractivity contribution in [2.24, 2.45) is 0 Å². The molecule has 0 unspecified atom stereocenters. The zero-order chi connectivity index (χ0) is 15.1. The molecule has 118 valence electrons. The number of nitrogens with zero attached hydrogens (tertiary/aromatic N) is 3. The van der Waals surface area contributed by atoms with Crippen molar-refractivity contribution in [1.82, 2.24) is 25.3 Å². The van der Waals surface area contributed by atoms with Crippen LogP contribution >= 0.6 is 0 Å². The molecule has 1 aromatic rings. The Hall–Kier alpha value is -1.40. The summed E-state index contributed by atoms with van der Waals surface area (Å²) in [5, 5.41) is 10.6. The lowest BCUT2D eigenvalue weighted by molar-refractivity contribution is -0.122. The maximum Gasteiger partial charge on any atom is 0.234 e. The molecule has 1 aliphatic rings. The number of hydrogen-bond donors (Lipinski definition) is 2. The Bertz CT molecular complexity index is 439. The van der Waals surface area contributed by atoms with Crippen molar-refractivity contribution in [3.8, 4) is 0 Å². The number of piperidine rings is 1. The van der Waals surface area contributed by atoms with Crippen molar-refractivity contribution in [3.63, 3.8) is 0 Å². The van der Waals surface area contributed by atoms with Crippen LogP contribution in [0.15, 0.2) is 12.4 Å². The number of hydrogen-bond acceptors (Lipinski definition) is 4. The summed E-state index contributed by atoms with van der Waals surface area (Å²) in [6.07, 6.45) is 7.13. The van der Waals surface area contributed by atoms with Gasteiger partial charge in [-0.25, -0.2) is 0 Å². The van der Waals surface area contributed by atoms with Crippen molar-refractivity contribution in [1.29, 1.82) is 0 Å². The van der Waals surface area contributed by atoms with Crippen molar-refractivity contribution >= 4 is 5.91 Å². The summed E-state index contributed by atoms with van der Waals surface area (Å²) >= 11 is 0. The zero-order valence-corrected chi connectivity index (χ0v) is 13.1. The van der Waals surface area contributed by atoms with Crippen LogP contribution in [0.5, 0.6) is 0 Å². The molecule has 0 saturated carbocycles. The van der Waals surface area contributed by atoms with E-state index < -0.39 is 0 Å². The van der Waals surface area contributed by atoms with E-state index in [1.54, 1.807) is 0 Å².